The second-order valence-corrected chi connectivity index (χ2v) is 5.62. The van der Waals surface area contributed by atoms with Crippen LogP contribution in [0.1, 0.15) is 0 Å². The Bertz CT molecular complexity index is 1020. The third kappa shape index (κ3) is 4.58. The minimum absolute atomic E-state index is 0.0740. The van der Waals surface area contributed by atoms with E-state index in [4.69, 9.17) is 18.8 Å². The van der Waals surface area contributed by atoms with Gasteiger partial charge in [-0.15, -0.1) is 0 Å². The van der Waals surface area contributed by atoms with Gasteiger partial charge in [-0.1, -0.05) is 0 Å². The van der Waals surface area contributed by atoms with Crippen LogP contribution in [0.25, 0.3) is 11.3 Å². The Balaban J connectivity index is 1.66. The molecule has 1 aromatic heterocycles. The molecule has 0 aliphatic rings. The average molecular weight is 400 g/mol. The summed E-state index contributed by atoms with van der Waals surface area (Å²) in [6, 6.07) is 10.4. The van der Waals surface area contributed by atoms with Crippen molar-refractivity contribution in [3.05, 3.63) is 52.6 Å². The summed E-state index contributed by atoms with van der Waals surface area (Å²) in [6.07, 6.45) is 0. The molecule has 1 heterocycles. The number of amides is 1. The van der Waals surface area contributed by atoms with Crippen molar-refractivity contribution in [2.45, 2.75) is 0 Å². The predicted molar refractivity (Wildman–Crippen MR) is 100 cm³/mol. The third-order valence-corrected chi connectivity index (χ3v) is 3.82. The molecule has 29 heavy (non-hydrogen) atoms. The number of carbonyl (C=O) groups is 1. The summed E-state index contributed by atoms with van der Waals surface area (Å²) in [7, 11) is 3.02. The molecule has 0 atom stereocenters. The highest BCUT2D eigenvalue weighted by molar-refractivity contribution is 5.94. The van der Waals surface area contributed by atoms with Crippen molar-refractivity contribution in [3.8, 4) is 28.5 Å². The average Bonchev–Trinajstić information content (AvgIpc) is 3.20. The lowest BCUT2D eigenvalue weighted by Crippen LogP contribution is -2.20. The number of rotatable bonds is 8. The van der Waals surface area contributed by atoms with Gasteiger partial charge in [0.25, 0.3) is 11.6 Å². The Morgan fingerprint density at radius 1 is 1.10 bits per heavy atom. The third-order valence-electron chi connectivity index (χ3n) is 3.82. The van der Waals surface area contributed by atoms with Gasteiger partial charge in [0.1, 0.15) is 5.75 Å². The van der Waals surface area contributed by atoms with Crippen molar-refractivity contribution in [2.24, 2.45) is 0 Å². The Morgan fingerprint density at radius 3 is 2.48 bits per heavy atom. The molecule has 1 amide bonds. The molecule has 11 nitrogen and oxygen atoms in total. The molecule has 0 saturated heterocycles. The summed E-state index contributed by atoms with van der Waals surface area (Å²) in [6.45, 7) is -0.337. The van der Waals surface area contributed by atoms with Crippen LogP contribution in [0.4, 0.5) is 11.5 Å². The molecule has 0 bridgehead atoms. The molecule has 0 spiro atoms. The van der Waals surface area contributed by atoms with Crippen molar-refractivity contribution in [3.63, 3.8) is 0 Å². The van der Waals surface area contributed by atoms with Crippen LogP contribution in [0.3, 0.4) is 0 Å². The van der Waals surface area contributed by atoms with Gasteiger partial charge in [0.2, 0.25) is 5.82 Å². The minimum Gasteiger partial charge on any atom is -0.493 e. The maximum Gasteiger partial charge on any atom is 0.269 e. The maximum atomic E-state index is 12.2. The zero-order valence-corrected chi connectivity index (χ0v) is 15.4. The first-order valence-electron chi connectivity index (χ1n) is 8.24. The van der Waals surface area contributed by atoms with Crippen molar-refractivity contribution >= 4 is 17.4 Å². The largest absolute Gasteiger partial charge is 0.493 e. The number of nitrogens with one attached hydrogen (secondary N) is 1. The maximum absolute atomic E-state index is 12.2. The number of non-ortho nitro benzene ring substituents is 1. The molecule has 0 aliphatic heterocycles. The number of carbonyl (C=O) groups excluding carboxylic acids is 1. The number of anilines is 1. The number of nitrogens with zero attached hydrogens (tertiary/aromatic N) is 3. The van der Waals surface area contributed by atoms with Crippen molar-refractivity contribution in [1.82, 2.24) is 10.3 Å². The molecular formula is C18H16N4O7. The van der Waals surface area contributed by atoms with E-state index < -0.39 is 10.8 Å². The lowest BCUT2D eigenvalue weighted by Gasteiger charge is -2.09. The van der Waals surface area contributed by atoms with E-state index in [-0.39, 0.29) is 18.1 Å². The molecule has 3 rings (SSSR count). The van der Waals surface area contributed by atoms with E-state index in [0.717, 1.165) is 0 Å². The normalized spacial score (nSPS) is 10.3. The second-order valence-electron chi connectivity index (χ2n) is 5.62. The number of hydrogen-bond donors (Lipinski definition) is 1. The van der Waals surface area contributed by atoms with Crippen LogP contribution in [-0.4, -0.2) is 42.0 Å². The lowest BCUT2D eigenvalue weighted by molar-refractivity contribution is -0.384. The Hall–Kier alpha value is -4.15. The van der Waals surface area contributed by atoms with E-state index in [0.29, 0.717) is 28.5 Å². The van der Waals surface area contributed by atoms with E-state index in [1.165, 1.54) is 38.5 Å². The van der Waals surface area contributed by atoms with E-state index in [1.807, 2.05) is 0 Å². The molecular weight excluding hydrogens is 384 g/mol. The highest BCUT2D eigenvalue weighted by atomic mass is 16.6. The molecule has 150 valence electrons. The van der Waals surface area contributed by atoms with Gasteiger partial charge < -0.3 is 19.5 Å². The molecule has 0 fully saturated rings. The molecule has 3 aromatic rings. The molecule has 0 radical (unpaired) electrons. The van der Waals surface area contributed by atoms with Gasteiger partial charge in [-0.2, -0.15) is 0 Å². The number of methoxy groups -OCH3 is 2. The van der Waals surface area contributed by atoms with E-state index >= 15 is 0 Å². The number of aromatic nitrogens is 2. The fraction of sp³-hybridized carbons (Fsp3) is 0.167. The van der Waals surface area contributed by atoms with Crippen LogP contribution in [0.15, 0.2) is 47.1 Å². The highest BCUT2D eigenvalue weighted by Gasteiger charge is 2.17. The van der Waals surface area contributed by atoms with Crippen molar-refractivity contribution in [2.75, 3.05) is 26.1 Å². The second kappa shape index (κ2) is 8.69. The standard InChI is InChI=1S/C18H16N4O7/c1-26-14-8-3-11(9-15(14)27-2)17-18(21-29-20-17)19-16(23)10-28-13-6-4-12(5-7-13)22(24)25/h3-9H,10H2,1-2H3,(H,19,21,23). The first-order valence-corrected chi connectivity index (χ1v) is 8.24. The summed E-state index contributed by atoms with van der Waals surface area (Å²) in [4.78, 5) is 22.3. The van der Waals surface area contributed by atoms with Gasteiger partial charge in [0.05, 0.1) is 19.1 Å². The SMILES string of the molecule is COc1ccc(-c2nonc2NC(=O)COc2ccc([N+](=O)[O-])cc2)cc1OC. The van der Waals surface area contributed by atoms with E-state index in [9.17, 15) is 14.9 Å². The van der Waals surface area contributed by atoms with Crippen LogP contribution in [0.5, 0.6) is 17.2 Å². The first kappa shape index (κ1) is 19.6. The summed E-state index contributed by atoms with van der Waals surface area (Å²) < 4.78 is 20.5. The van der Waals surface area contributed by atoms with Crippen LogP contribution in [0.2, 0.25) is 0 Å². The van der Waals surface area contributed by atoms with Gasteiger partial charge in [-0.05, 0) is 40.6 Å². The van der Waals surface area contributed by atoms with Gasteiger partial charge >= 0.3 is 0 Å². The smallest absolute Gasteiger partial charge is 0.269 e. The van der Waals surface area contributed by atoms with Crippen LogP contribution >= 0.6 is 0 Å². The number of nitro benzene ring substituents is 1. The molecule has 2 aromatic carbocycles. The van der Waals surface area contributed by atoms with Crippen LogP contribution in [-0.2, 0) is 4.79 Å². The molecule has 11 heteroatoms. The van der Waals surface area contributed by atoms with E-state index in [2.05, 4.69) is 15.6 Å². The van der Waals surface area contributed by atoms with E-state index in [1.54, 1.807) is 18.2 Å². The number of benzene rings is 2. The Kier molecular flexibility index (Phi) is 5.88. The molecule has 0 aliphatic carbocycles. The molecule has 1 N–H and O–H groups in total. The molecule has 0 unspecified atom stereocenters. The first-order chi connectivity index (χ1) is 14.0. The van der Waals surface area contributed by atoms with Gasteiger partial charge in [-0.25, -0.2) is 4.63 Å². The van der Waals surface area contributed by atoms with Gasteiger partial charge in [0, 0.05) is 17.7 Å². The fourth-order valence-electron chi connectivity index (χ4n) is 2.42. The lowest BCUT2D eigenvalue weighted by atomic mass is 10.1. The Labute approximate surface area is 164 Å². The molecule has 0 saturated carbocycles. The highest BCUT2D eigenvalue weighted by Crippen LogP contribution is 2.33. The van der Waals surface area contributed by atoms with Crippen LogP contribution < -0.4 is 19.5 Å². The number of nitro groups is 1. The summed E-state index contributed by atoms with van der Waals surface area (Å²) in [5, 5.41) is 20.7. The zero-order chi connectivity index (χ0) is 20.8. The summed E-state index contributed by atoms with van der Waals surface area (Å²) in [5.74, 6) is 0.918. The van der Waals surface area contributed by atoms with Crippen molar-refractivity contribution < 1.29 is 28.6 Å². The summed E-state index contributed by atoms with van der Waals surface area (Å²) >= 11 is 0. The van der Waals surface area contributed by atoms with Gasteiger partial charge in [0.15, 0.2) is 23.8 Å². The van der Waals surface area contributed by atoms with Crippen molar-refractivity contribution in [1.29, 1.82) is 0 Å². The van der Waals surface area contributed by atoms with Crippen LogP contribution in [0, 0.1) is 10.1 Å². The zero-order valence-electron chi connectivity index (χ0n) is 15.4. The summed E-state index contributed by atoms with van der Waals surface area (Å²) in [5.41, 5.74) is 0.820. The minimum atomic E-state index is -0.524. The monoisotopic (exact) mass is 400 g/mol. The number of hydrogen-bond acceptors (Lipinski definition) is 9. The number of ether oxygens (including phenoxy) is 3. The van der Waals surface area contributed by atoms with Gasteiger partial charge in [-0.3, -0.25) is 14.9 Å². The quantitative estimate of drug-likeness (QED) is 0.446. The Morgan fingerprint density at radius 2 is 1.83 bits per heavy atom. The topological polar surface area (TPSA) is 139 Å². The fourth-order valence-corrected chi connectivity index (χ4v) is 2.42. The predicted octanol–water partition coefficient (Wildman–Crippen LogP) is 2.68.